The number of halogens is 3. The number of nitrogens with one attached hydrogen (secondary N) is 2. The van der Waals surface area contributed by atoms with E-state index in [9.17, 15) is 18.0 Å². The van der Waals surface area contributed by atoms with E-state index in [1.165, 1.54) is 4.90 Å². The fraction of sp³-hybridized carbons (Fsp3) is 0.909. The van der Waals surface area contributed by atoms with Crippen molar-refractivity contribution in [2.75, 3.05) is 26.2 Å². The van der Waals surface area contributed by atoms with E-state index in [0.29, 0.717) is 12.8 Å². The molecule has 0 radical (unpaired) electrons. The maximum absolute atomic E-state index is 13.0. The first-order chi connectivity index (χ1) is 8.48. The van der Waals surface area contributed by atoms with E-state index in [1.807, 2.05) is 0 Å². The topological polar surface area (TPSA) is 44.4 Å². The van der Waals surface area contributed by atoms with Crippen LogP contribution in [0.15, 0.2) is 0 Å². The van der Waals surface area contributed by atoms with Gasteiger partial charge in [0.1, 0.15) is 6.04 Å². The van der Waals surface area contributed by atoms with Gasteiger partial charge in [-0.2, -0.15) is 13.2 Å². The lowest BCUT2D eigenvalue weighted by Crippen LogP contribution is -2.55. The van der Waals surface area contributed by atoms with Gasteiger partial charge in [-0.15, -0.1) is 0 Å². The standard InChI is InChI=1S/C11H18F3N3O/c12-11(13,14)9-7-16-10(18)3-6-17(9)8-1-4-15-5-2-8/h8-9,15H,1-7H2,(H,16,18). The Balaban J connectivity index is 2.12. The Morgan fingerprint density at radius 2 is 1.89 bits per heavy atom. The van der Waals surface area contributed by atoms with Gasteiger partial charge in [-0.1, -0.05) is 0 Å². The molecule has 2 heterocycles. The Bertz CT molecular complexity index is 302. The third-order valence-corrected chi connectivity index (χ3v) is 3.65. The van der Waals surface area contributed by atoms with Gasteiger partial charge in [-0.3, -0.25) is 9.69 Å². The molecule has 18 heavy (non-hydrogen) atoms. The van der Waals surface area contributed by atoms with Crippen molar-refractivity contribution in [2.45, 2.75) is 37.5 Å². The minimum atomic E-state index is -4.29. The molecule has 2 aliphatic heterocycles. The van der Waals surface area contributed by atoms with Gasteiger partial charge in [0.25, 0.3) is 0 Å². The molecule has 0 aliphatic carbocycles. The first-order valence-electron chi connectivity index (χ1n) is 6.28. The molecule has 1 amide bonds. The summed E-state index contributed by atoms with van der Waals surface area (Å²) in [6.45, 7) is 1.35. The second-order valence-corrected chi connectivity index (χ2v) is 4.83. The molecule has 104 valence electrons. The largest absolute Gasteiger partial charge is 0.405 e. The highest BCUT2D eigenvalue weighted by atomic mass is 19.4. The summed E-state index contributed by atoms with van der Waals surface area (Å²) in [6.07, 6.45) is -2.72. The summed E-state index contributed by atoms with van der Waals surface area (Å²) < 4.78 is 39.1. The van der Waals surface area contributed by atoms with E-state index in [1.54, 1.807) is 0 Å². The third-order valence-electron chi connectivity index (χ3n) is 3.65. The molecule has 1 atom stereocenters. The van der Waals surface area contributed by atoms with Gasteiger partial charge < -0.3 is 10.6 Å². The first kappa shape index (κ1) is 13.6. The van der Waals surface area contributed by atoms with Crippen molar-refractivity contribution in [3.05, 3.63) is 0 Å². The summed E-state index contributed by atoms with van der Waals surface area (Å²) in [5.41, 5.74) is 0. The Hall–Kier alpha value is -0.820. The van der Waals surface area contributed by atoms with Crippen LogP contribution in [0.3, 0.4) is 0 Å². The van der Waals surface area contributed by atoms with Crippen molar-refractivity contribution in [1.29, 1.82) is 0 Å². The zero-order valence-corrected chi connectivity index (χ0v) is 10.1. The molecule has 2 saturated heterocycles. The van der Waals surface area contributed by atoms with Gasteiger partial charge in [0.15, 0.2) is 0 Å². The summed E-state index contributed by atoms with van der Waals surface area (Å²) in [5.74, 6) is -0.291. The number of carbonyl (C=O) groups excluding carboxylic acids is 1. The smallest absolute Gasteiger partial charge is 0.354 e. The molecule has 0 spiro atoms. The molecule has 2 rings (SSSR count). The zero-order chi connectivity index (χ0) is 13.2. The minimum absolute atomic E-state index is 0.0782. The predicted molar refractivity (Wildman–Crippen MR) is 60.1 cm³/mol. The molecule has 2 N–H and O–H groups in total. The van der Waals surface area contributed by atoms with Crippen LogP contribution in [0.4, 0.5) is 13.2 Å². The molecule has 2 fully saturated rings. The van der Waals surface area contributed by atoms with E-state index < -0.39 is 12.2 Å². The Morgan fingerprint density at radius 1 is 1.22 bits per heavy atom. The van der Waals surface area contributed by atoms with Gasteiger partial charge in [-0.05, 0) is 25.9 Å². The minimum Gasteiger partial charge on any atom is -0.354 e. The highest BCUT2D eigenvalue weighted by Gasteiger charge is 2.46. The summed E-state index contributed by atoms with van der Waals surface area (Å²) in [4.78, 5) is 12.7. The number of carbonyl (C=O) groups is 1. The van der Waals surface area contributed by atoms with Crippen molar-refractivity contribution in [2.24, 2.45) is 0 Å². The number of piperidine rings is 1. The van der Waals surface area contributed by atoms with Crippen molar-refractivity contribution < 1.29 is 18.0 Å². The zero-order valence-electron chi connectivity index (χ0n) is 10.1. The molecule has 2 aliphatic rings. The number of hydrogen-bond acceptors (Lipinski definition) is 3. The van der Waals surface area contributed by atoms with Crippen molar-refractivity contribution in [1.82, 2.24) is 15.5 Å². The van der Waals surface area contributed by atoms with Crippen molar-refractivity contribution >= 4 is 5.91 Å². The lowest BCUT2D eigenvalue weighted by Gasteiger charge is -2.39. The van der Waals surface area contributed by atoms with Crippen molar-refractivity contribution in [3.8, 4) is 0 Å². The predicted octanol–water partition coefficient (Wildman–Crippen LogP) is 0.491. The van der Waals surface area contributed by atoms with E-state index >= 15 is 0 Å². The van der Waals surface area contributed by atoms with Crippen LogP contribution < -0.4 is 10.6 Å². The summed E-state index contributed by atoms with van der Waals surface area (Å²) in [5, 5.41) is 5.50. The molecule has 0 aromatic rings. The number of hydrogen-bond donors (Lipinski definition) is 2. The second-order valence-electron chi connectivity index (χ2n) is 4.83. The van der Waals surface area contributed by atoms with Crippen LogP contribution in [0.1, 0.15) is 19.3 Å². The monoisotopic (exact) mass is 265 g/mol. The highest BCUT2D eigenvalue weighted by molar-refractivity contribution is 5.76. The van der Waals surface area contributed by atoms with E-state index in [2.05, 4.69) is 10.6 Å². The molecule has 0 aromatic carbocycles. The second kappa shape index (κ2) is 5.44. The van der Waals surface area contributed by atoms with Crippen LogP contribution in [-0.4, -0.2) is 55.2 Å². The number of rotatable bonds is 1. The molecular weight excluding hydrogens is 247 g/mol. The molecule has 0 bridgehead atoms. The Labute approximate surface area is 104 Å². The van der Waals surface area contributed by atoms with Crippen LogP contribution in [0, 0.1) is 0 Å². The summed E-state index contributed by atoms with van der Waals surface area (Å²) >= 11 is 0. The van der Waals surface area contributed by atoms with Crippen LogP contribution in [0.5, 0.6) is 0 Å². The van der Waals surface area contributed by atoms with Gasteiger partial charge in [-0.25, -0.2) is 0 Å². The average molecular weight is 265 g/mol. The van der Waals surface area contributed by atoms with Gasteiger partial charge in [0, 0.05) is 25.6 Å². The molecule has 4 nitrogen and oxygen atoms in total. The maximum atomic E-state index is 13.0. The number of nitrogens with zero attached hydrogens (tertiary/aromatic N) is 1. The molecule has 0 aromatic heterocycles. The van der Waals surface area contributed by atoms with Gasteiger partial charge in [0.05, 0.1) is 0 Å². The highest BCUT2D eigenvalue weighted by Crippen LogP contribution is 2.29. The summed E-state index contributed by atoms with van der Waals surface area (Å²) in [6, 6.07) is -1.63. The molecule has 7 heteroatoms. The lowest BCUT2D eigenvalue weighted by molar-refractivity contribution is -0.187. The van der Waals surface area contributed by atoms with E-state index in [4.69, 9.17) is 0 Å². The van der Waals surface area contributed by atoms with Gasteiger partial charge in [0.2, 0.25) is 5.91 Å². The molecule has 0 saturated carbocycles. The van der Waals surface area contributed by atoms with Crippen LogP contribution in [0.2, 0.25) is 0 Å². The summed E-state index contributed by atoms with van der Waals surface area (Å²) in [7, 11) is 0. The fourth-order valence-corrected chi connectivity index (χ4v) is 2.68. The first-order valence-corrected chi connectivity index (χ1v) is 6.28. The number of amides is 1. The number of alkyl halides is 3. The van der Waals surface area contributed by atoms with E-state index in [-0.39, 0.29) is 31.5 Å². The molecular formula is C11H18F3N3O. The van der Waals surface area contributed by atoms with Crippen LogP contribution in [-0.2, 0) is 4.79 Å². The average Bonchev–Trinajstić information content (AvgIpc) is 2.52. The quantitative estimate of drug-likeness (QED) is 0.725. The maximum Gasteiger partial charge on any atom is 0.405 e. The van der Waals surface area contributed by atoms with Crippen molar-refractivity contribution in [3.63, 3.8) is 0 Å². The van der Waals surface area contributed by atoms with Crippen LogP contribution in [0.25, 0.3) is 0 Å². The van der Waals surface area contributed by atoms with E-state index in [0.717, 1.165) is 13.1 Å². The fourth-order valence-electron chi connectivity index (χ4n) is 2.68. The Morgan fingerprint density at radius 3 is 2.50 bits per heavy atom. The Kier molecular flexibility index (Phi) is 4.11. The normalized spacial score (nSPS) is 28.8. The molecule has 1 unspecified atom stereocenters. The van der Waals surface area contributed by atoms with Crippen LogP contribution >= 0.6 is 0 Å². The van der Waals surface area contributed by atoms with Gasteiger partial charge >= 0.3 is 6.18 Å². The third kappa shape index (κ3) is 3.14. The SMILES string of the molecule is O=C1CCN(C2CCNCC2)C(C(F)(F)F)CN1. The lowest BCUT2D eigenvalue weighted by atomic mass is 10.0.